The van der Waals surface area contributed by atoms with E-state index in [1.54, 1.807) is 12.1 Å². The van der Waals surface area contributed by atoms with Crippen LogP contribution in [0.25, 0.3) is 0 Å². The largest absolute Gasteiger partial charge is 0.366 e. The van der Waals surface area contributed by atoms with E-state index in [-0.39, 0.29) is 21.2 Å². The molecule has 5 nitrogen and oxygen atoms in total. The van der Waals surface area contributed by atoms with Crippen molar-refractivity contribution >= 4 is 33.2 Å². The minimum absolute atomic E-state index is 0.0480. The number of sulfonamides is 1. The predicted molar refractivity (Wildman–Crippen MR) is 82.0 cm³/mol. The van der Waals surface area contributed by atoms with Crippen molar-refractivity contribution in [1.82, 2.24) is 0 Å². The van der Waals surface area contributed by atoms with Gasteiger partial charge in [-0.05, 0) is 30.3 Å². The summed E-state index contributed by atoms with van der Waals surface area (Å²) in [6.07, 6.45) is 0. The van der Waals surface area contributed by atoms with Gasteiger partial charge in [-0.3, -0.25) is 9.10 Å². The van der Waals surface area contributed by atoms with E-state index in [1.807, 2.05) is 0 Å². The SMILES string of the molecule is CN(c1ccccc1C(N)=O)S(=O)(=O)c1ccc(F)cc1Cl. The Labute approximate surface area is 132 Å². The first kappa shape index (κ1) is 16.3. The molecule has 0 saturated carbocycles. The van der Waals surface area contributed by atoms with Crippen molar-refractivity contribution in [2.75, 3.05) is 11.4 Å². The molecule has 2 aromatic carbocycles. The summed E-state index contributed by atoms with van der Waals surface area (Å²) >= 11 is 5.81. The molecular formula is C14H12ClFN2O3S. The molecule has 0 radical (unpaired) electrons. The molecule has 0 atom stereocenters. The maximum atomic E-state index is 13.1. The zero-order chi connectivity index (χ0) is 16.5. The van der Waals surface area contributed by atoms with Crippen LogP contribution in [-0.4, -0.2) is 21.4 Å². The van der Waals surface area contributed by atoms with Gasteiger partial charge in [0.1, 0.15) is 10.7 Å². The van der Waals surface area contributed by atoms with E-state index in [2.05, 4.69) is 0 Å². The molecule has 0 spiro atoms. The Hall–Kier alpha value is -2.12. The first-order valence-electron chi connectivity index (χ1n) is 6.08. The second-order valence-corrected chi connectivity index (χ2v) is 6.77. The number of nitrogens with two attached hydrogens (primary N) is 1. The highest BCUT2D eigenvalue weighted by Crippen LogP contribution is 2.29. The molecule has 2 rings (SSSR count). The first-order chi connectivity index (χ1) is 10.2. The summed E-state index contributed by atoms with van der Waals surface area (Å²) < 4.78 is 39.2. The average Bonchev–Trinajstić information content (AvgIpc) is 2.45. The van der Waals surface area contributed by atoms with Gasteiger partial charge in [0.15, 0.2) is 0 Å². The van der Waals surface area contributed by atoms with Crippen LogP contribution in [0.2, 0.25) is 5.02 Å². The third-order valence-electron chi connectivity index (χ3n) is 3.04. The Morgan fingerprint density at radius 2 is 1.86 bits per heavy atom. The van der Waals surface area contributed by atoms with Gasteiger partial charge >= 0.3 is 0 Å². The van der Waals surface area contributed by atoms with Gasteiger partial charge in [0, 0.05) is 7.05 Å². The van der Waals surface area contributed by atoms with E-state index in [0.29, 0.717) is 0 Å². The number of halogens is 2. The number of carbonyl (C=O) groups is 1. The molecule has 116 valence electrons. The minimum Gasteiger partial charge on any atom is -0.366 e. The molecular weight excluding hydrogens is 331 g/mol. The van der Waals surface area contributed by atoms with Crippen molar-refractivity contribution in [3.05, 3.63) is 58.9 Å². The number of para-hydroxylation sites is 1. The molecule has 0 unspecified atom stereocenters. The smallest absolute Gasteiger partial charge is 0.265 e. The predicted octanol–water partition coefficient (Wildman–Crippen LogP) is 2.40. The topological polar surface area (TPSA) is 80.5 Å². The van der Waals surface area contributed by atoms with E-state index in [0.717, 1.165) is 22.5 Å². The van der Waals surface area contributed by atoms with Gasteiger partial charge in [0.05, 0.1) is 16.3 Å². The lowest BCUT2D eigenvalue weighted by Crippen LogP contribution is -2.29. The number of carbonyl (C=O) groups excluding carboxylic acids is 1. The molecule has 0 aromatic heterocycles. The Morgan fingerprint density at radius 1 is 1.23 bits per heavy atom. The monoisotopic (exact) mass is 342 g/mol. The molecule has 0 saturated heterocycles. The van der Waals surface area contributed by atoms with Gasteiger partial charge in [-0.2, -0.15) is 0 Å². The number of rotatable bonds is 4. The Bertz CT molecular complexity index is 840. The molecule has 0 aliphatic carbocycles. The number of primary amides is 1. The lowest BCUT2D eigenvalue weighted by Gasteiger charge is -2.22. The summed E-state index contributed by atoms with van der Waals surface area (Å²) in [5.41, 5.74) is 5.40. The van der Waals surface area contributed by atoms with E-state index in [9.17, 15) is 17.6 Å². The summed E-state index contributed by atoms with van der Waals surface area (Å²) in [5, 5.41) is -0.247. The molecule has 2 aromatic rings. The highest BCUT2D eigenvalue weighted by Gasteiger charge is 2.26. The number of nitrogens with zero attached hydrogens (tertiary/aromatic N) is 1. The maximum Gasteiger partial charge on any atom is 0.265 e. The normalized spacial score (nSPS) is 11.2. The van der Waals surface area contributed by atoms with Gasteiger partial charge in [-0.15, -0.1) is 0 Å². The summed E-state index contributed by atoms with van der Waals surface area (Å²) in [6.45, 7) is 0. The van der Waals surface area contributed by atoms with Crippen LogP contribution in [0.15, 0.2) is 47.4 Å². The van der Waals surface area contributed by atoms with Crippen molar-refractivity contribution in [3.63, 3.8) is 0 Å². The van der Waals surface area contributed by atoms with Crippen molar-refractivity contribution in [3.8, 4) is 0 Å². The fourth-order valence-corrected chi connectivity index (χ4v) is 3.64. The Balaban J connectivity index is 2.57. The number of benzene rings is 2. The first-order valence-corrected chi connectivity index (χ1v) is 7.90. The van der Waals surface area contributed by atoms with Crippen LogP contribution in [0, 0.1) is 5.82 Å². The van der Waals surface area contributed by atoms with Gasteiger partial charge in [0.2, 0.25) is 0 Å². The lowest BCUT2D eigenvalue weighted by atomic mass is 10.2. The molecule has 0 aliphatic rings. The number of hydrogen-bond donors (Lipinski definition) is 1. The summed E-state index contributed by atoms with van der Waals surface area (Å²) in [5.74, 6) is -1.41. The number of anilines is 1. The van der Waals surface area contributed by atoms with Gasteiger partial charge in [-0.25, -0.2) is 12.8 Å². The van der Waals surface area contributed by atoms with Gasteiger partial charge in [0.25, 0.3) is 15.9 Å². The Morgan fingerprint density at radius 3 is 2.45 bits per heavy atom. The number of amides is 1. The second kappa shape index (κ2) is 5.94. The van der Waals surface area contributed by atoms with E-state index in [1.165, 1.54) is 19.2 Å². The molecule has 22 heavy (non-hydrogen) atoms. The summed E-state index contributed by atoms with van der Waals surface area (Å²) in [4.78, 5) is 11.2. The number of hydrogen-bond acceptors (Lipinski definition) is 3. The van der Waals surface area contributed by atoms with E-state index < -0.39 is 21.7 Å². The van der Waals surface area contributed by atoms with E-state index >= 15 is 0 Å². The quantitative estimate of drug-likeness (QED) is 0.926. The van der Waals surface area contributed by atoms with Crippen LogP contribution in [0.1, 0.15) is 10.4 Å². The molecule has 0 heterocycles. The average molecular weight is 343 g/mol. The third kappa shape index (κ3) is 2.90. The van der Waals surface area contributed by atoms with Crippen molar-refractivity contribution in [1.29, 1.82) is 0 Å². The molecule has 0 bridgehead atoms. The minimum atomic E-state index is -4.07. The fourth-order valence-electron chi connectivity index (χ4n) is 1.92. The molecule has 1 amide bonds. The van der Waals surface area contributed by atoms with Crippen molar-refractivity contribution < 1.29 is 17.6 Å². The van der Waals surface area contributed by atoms with Crippen LogP contribution in [-0.2, 0) is 10.0 Å². The molecule has 0 fully saturated rings. The fraction of sp³-hybridized carbons (Fsp3) is 0.0714. The highest BCUT2D eigenvalue weighted by atomic mass is 35.5. The van der Waals surface area contributed by atoms with E-state index in [4.69, 9.17) is 17.3 Å². The standard InChI is InChI=1S/C14H12ClFN2O3S/c1-18(12-5-3-2-4-10(12)14(17)19)22(20,21)13-7-6-9(16)8-11(13)15/h2-8H,1H3,(H2,17,19). The molecule has 2 N–H and O–H groups in total. The van der Waals surface area contributed by atoms with Crippen molar-refractivity contribution in [2.24, 2.45) is 5.73 Å². The summed E-state index contributed by atoms with van der Waals surface area (Å²) in [6, 6.07) is 8.95. The van der Waals surface area contributed by atoms with Crippen LogP contribution in [0.3, 0.4) is 0 Å². The summed E-state index contributed by atoms with van der Waals surface area (Å²) in [7, 11) is -2.81. The van der Waals surface area contributed by atoms with Crippen LogP contribution in [0.4, 0.5) is 10.1 Å². The molecule has 0 aliphatic heterocycles. The molecule has 8 heteroatoms. The zero-order valence-corrected chi connectivity index (χ0v) is 13.0. The zero-order valence-electron chi connectivity index (χ0n) is 11.5. The van der Waals surface area contributed by atoms with Gasteiger partial charge in [-0.1, -0.05) is 23.7 Å². The van der Waals surface area contributed by atoms with Crippen molar-refractivity contribution in [2.45, 2.75) is 4.90 Å². The van der Waals surface area contributed by atoms with Gasteiger partial charge < -0.3 is 5.73 Å². The van der Waals surface area contributed by atoms with Crippen LogP contribution in [0.5, 0.6) is 0 Å². The van der Waals surface area contributed by atoms with Crippen LogP contribution >= 0.6 is 11.6 Å². The Kier molecular flexibility index (Phi) is 4.39. The third-order valence-corrected chi connectivity index (χ3v) is 5.30. The van der Waals surface area contributed by atoms with Crippen LogP contribution < -0.4 is 10.0 Å². The lowest BCUT2D eigenvalue weighted by molar-refractivity contribution is 0.100. The highest BCUT2D eigenvalue weighted by molar-refractivity contribution is 7.93. The second-order valence-electron chi connectivity index (χ2n) is 4.43. The maximum absolute atomic E-state index is 13.1.